The molecule has 2 N–H and O–H groups in total. The fourth-order valence-electron chi connectivity index (χ4n) is 2.98. The van der Waals surface area contributed by atoms with E-state index in [0.717, 1.165) is 49.3 Å². The number of nitrogens with one attached hydrogen (secondary N) is 2. The first kappa shape index (κ1) is 23.7. The molecule has 0 bridgehead atoms. The van der Waals surface area contributed by atoms with E-state index < -0.39 is 0 Å². The molecule has 2 rings (SSSR count). The number of aliphatic imine (C=N–C) groups is 1. The van der Waals surface area contributed by atoms with Crippen molar-refractivity contribution in [3.05, 3.63) is 53.6 Å². The van der Waals surface area contributed by atoms with Gasteiger partial charge in [-0.05, 0) is 24.7 Å². The summed E-state index contributed by atoms with van der Waals surface area (Å²) in [6.07, 6.45) is 5.54. The second-order valence-corrected chi connectivity index (χ2v) is 6.35. The Kier molecular flexibility index (Phi) is 11.4. The molecule has 1 atom stereocenters. The predicted octanol–water partition coefficient (Wildman–Crippen LogP) is 3.40. The molecular formula is C19H30ClIN6. The number of hydrogen-bond donors (Lipinski definition) is 2. The largest absolute Gasteiger partial charge is 0.355 e. The average Bonchev–Trinajstić information content (AvgIpc) is 3.17. The van der Waals surface area contributed by atoms with Crippen LogP contribution in [0.2, 0.25) is 5.02 Å². The number of nitrogens with zero attached hydrogens (tertiary/aromatic N) is 4. The van der Waals surface area contributed by atoms with E-state index in [1.165, 1.54) is 0 Å². The van der Waals surface area contributed by atoms with Crippen molar-refractivity contribution in [2.45, 2.75) is 26.4 Å². The molecule has 0 aliphatic rings. The van der Waals surface area contributed by atoms with Crippen LogP contribution >= 0.6 is 35.6 Å². The summed E-state index contributed by atoms with van der Waals surface area (Å²) in [5.41, 5.74) is 1.14. The molecule has 6 nitrogen and oxygen atoms in total. The highest BCUT2D eigenvalue weighted by Crippen LogP contribution is 2.26. The minimum Gasteiger partial charge on any atom is -0.355 e. The maximum absolute atomic E-state index is 6.46. The standard InChI is InChI=1S/C19H29ClN6.HI/c1-4-26(5-2)18(16-8-6-7-9-17(16)20)14-24-19(21-3)23-11-13-25-12-10-22-15-25;/h6-10,12,15,18H,4-5,11,13-14H2,1-3H3,(H2,21,23,24);1H. The van der Waals surface area contributed by atoms with Gasteiger partial charge in [-0.2, -0.15) is 0 Å². The molecule has 8 heteroatoms. The van der Waals surface area contributed by atoms with Crippen LogP contribution in [-0.2, 0) is 6.54 Å². The van der Waals surface area contributed by atoms with Crippen molar-refractivity contribution in [1.29, 1.82) is 0 Å². The van der Waals surface area contributed by atoms with Crippen molar-refractivity contribution in [2.75, 3.05) is 33.2 Å². The number of imidazole rings is 1. The molecule has 0 fully saturated rings. The lowest BCUT2D eigenvalue weighted by atomic mass is 10.0. The Hall–Kier alpha value is -1.32. The van der Waals surface area contributed by atoms with Gasteiger partial charge in [0.15, 0.2) is 5.96 Å². The lowest BCUT2D eigenvalue weighted by molar-refractivity contribution is 0.219. The quantitative estimate of drug-likeness (QED) is 0.312. The van der Waals surface area contributed by atoms with Crippen molar-refractivity contribution >= 4 is 41.5 Å². The summed E-state index contributed by atoms with van der Waals surface area (Å²) in [4.78, 5) is 10.8. The molecule has 0 saturated carbocycles. The fourth-order valence-corrected chi connectivity index (χ4v) is 3.24. The minimum absolute atomic E-state index is 0. The van der Waals surface area contributed by atoms with Crippen LogP contribution in [0.1, 0.15) is 25.5 Å². The number of likely N-dealkylation sites (N-methyl/N-ethyl adjacent to an activating group) is 1. The molecule has 1 aromatic heterocycles. The SMILES string of the molecule is CCN(CC)C(CNC(=NC)NCCn1ccnc1)c1ccccc1Cl.I. The topological polar surface area (TPSA) is 57.5 Å². The molecule has 1 unspecified atom stereocenters. The van der Waals surface area contributed by atoms with E-state index in [1.54, 1.807) is 13.2 Å². The Morgan fingerprint density at radius 2 is 2.00 bits per heavy atom. The van der Waals surface area contributed by atoms with Crippen molar-refractivity contribution in [1.82, 2.24) is 25.1 Å². The lowest BCUT2D eigenvalue weighted by Gasteiger charge is -2.31. The molecule has 1 aromatic carbocycles. The number of benzene rings is 1. The van der Waals surface area contributed by atoms with Gasteiger partial charge in [0, 0.05) is 44.1 Å². The molecule has 1 heterocycles. The fraction of sp³-hybridized carbons (Fsp3) is 0.474. The van der Waals surface area contributed by atoms with Crippen molar-refractivity contribution < 1.29 is 0 Å². The third-order valence-corrected chi connectivity index (χ3v) is 4.77. The van der Waals surface area contributed by atoms with Gasteiger partial charge in [0.25, 0.3) is 0 Å². The second-order valence-electron chi connectivity index (χ2n) is 5.94. The van der Waals surface area contributed by atoms with Gasteiger partial charge in [-0.3, -0.25) is 9.89 Å². The van der Waals surface area contributed by atoms with E-state index >= 15 is 0 Å². The molecule has 0 aliphatic heterocycles. The Bertz CT molecular complexity index is 673. The van der Waals surface area contributed by atoms with Crippen molar-refractivity contribution in [2.24, 2.45) is 4.99 Å². The smallest absolute Gasteiger partial charge is 0.191 e. The molecule has 2 aromatic rings. The Morgan fingerprint density at radius 1 is 1.26 bits per heavy atom. The van der Waals surface area contributed by atoms with Gasteiger partial charge in [0.1, 0.15) is 0 Å². The maximum atomic E-state index is 6.46. The molecule has 0 spiro atoms. The van der Waals surface area contributed by atoms with Gasteiger partial charge >= 0.3 is 0 Å². The number of rotatable bonds is 9. The molecule has 150 valence electrons. The lowest BCUT2D eigenvalue weighted by Crippen LogP contribution is -2.44. The molecule has 0 aliphatic carbocycles. The highest BCUT2D eigenvalue weighted by atomic mass is 127. The van der Waals surface area contributed by atoms with Crippen molar-refractivity contribution in [3.63, 3.8) is 0 Å². The van der Waals surface area contributed by atoms with Crippen LogP contribution in [0.3, 0.4) is 0 Å². The van der Waals surface area contributed by atoms with Crippen LogP contribution in [0.4, 0.5) is 0 Å². The van der Waals surface area contributed by atoms with Gasteiger partial charge in [0.05, 0.1) is 12.4 Å². The molecule has 27 heavy (non-hydrogen) atoms. The third kappa shape index (κ3) is 7.31. The first-order valence-corrected chi connectivity index (χ1v) is 9.46. The summed E-state index contributed by atoms with van der Waals surface area (Å²) in [5, 5.41) is 7.58. The molecule has 0 radical (unpaired) electrons. The Balaban J connectivity index is 0.00000364. The van der Waals surface area contributed by atoms with Gasteiger partial charge in [-0.1, -0.05) is 43.6 Å². The first-order valence-electron chi connectivity index (χ1n) is 9.08. The maximum Gasteiger partial charge on any atom is 0.191 e. The summed E-state index contributed by atoms with van der Waals surface area (Å²) in [6.45, 7) is 8.61. The van der Waals surface area contributed by atoms with Gasteiger partial charge in [-0.25, -0.2) is 4.98 Å². The van der Waals surface area contributed by atoms with Crippen LogP contribution in [0, 0.1) is 0 Å². The second kappa shape index (κ2) is 13.0. The zero-order valence-corrected chi connectivity index (χ0v) is 19.3. The number of guanidine groups is 1. The van der Waals surface area contributed by atoms with E-state index in [2.05, 4.69) is 45.4 Å². The van der Waals surface area contributed by atoms with E-state index in [4.69, 9.17) is 11.6 Å². The normalized spacial score (nSPS) is 12.6. The predicted molar refractivity (Wildman–Crippen MR) is 124 cm³/mol. The Labute approximate surface area is 184 Å². The van der Waals surface area contributed by atoms with E-state index in [9.17, 15) is 0 Å². The number of hydrogen-bond acceptors (Lipinski definition) is 3. The molecule has 0 saturated heterocycles. The van der Waals surface area contributed by atoms with E-state index in [-0.39, 0.29) is 30.0 Å². The van der Waals surface area contributed by atoms with E-state index in [0.29, 0.717) is 0 Å². The van der Waals surface area contributed by atoms with Gasteiger partial charge in [-0.15, -0.1) is 24.0 Å². The van der Waals surface area contributed by atoms with Crippen molar-refractivity contribution in [3.8, 4) is 0 Å². The average molecular weight is 505 g/mol. The molecular weight excluding hydrogens is 475 g/mol. The van der Waals surface area contributed by atoms with Crippen LogP contribution in [0.25, 0.3) is 0 Å². The summed E-state index contributed by atoms with van der Waals surface area (Å²) in [7, 11) is 1.79. The summed E-state index contributed by atoms with van der Waals surface area (Å²) >= 11 is 6.46. The highest BCUT2D eigenvalue weighted by molar-refractivity contribution is 14.0. The van der Waals surface area contributed by atoms with E-state index in [1.807, 2.05) is 35.3 Å². The minimum atomic E-state index is 0. The highest BCUT2D eigenvalue weighted by Gasteiger charge is 2.20. The zero-order chi connectivity index (χ0) is 18.8. The summed E-state index contributed by atoms with van der Waals surface area (Å²) < 4.78 is 2.03. The van der Waals surface area contributed by atoms with Crippen LogP contribution < -0.4 is 10.6 Å². The third-order valence-electron chi connectivity index (χ3n) is 4.43. The Morgan fingerprint density at radius 3 is 2.59 bits per heavy atom. The van der Waals surface area contributed by atoms with Crippen LogP contribution in [-0.4, -0.2) is 53.6 Å². The van der Waals surface area contributed by atoms with Gasteiger partial charge in [0.2, 0.25) is 0 Å². The van der Waals surface area contributed by atoms with Crippen LogP contribution in [0.15, 0.2) is 48.0 Å². The number of aromatic nitrogens is 2. The summed E-state index contributed by atoms with van der Waals surface area (Å²) in [5.74, 6) is 0.786. The summed E-state index contributed by atoms with van der Waals surface area (Å²) in [6, 6.07) is 8.24. The zero-order valence-electron chi connectivity index (χ0n) is 16.2. The monoisotopic (exact) mass is 504 g/mol. The van der Waals surface area contributed by atoms with Gasteiger partial charge < -0.3 is 15.2 Å². The van der Waals surface area contributed by atoms with Crippen LogP contribution in [0.5, 0.6) is 0 Å². The molecule has 0 amide bonds. The number of halogens is 2. The first-order chi connectivity index (χ1) is 12.7.